The SMILES string of the molecule is CCCCCCCCCCCCCCCCOc1c(C(=O)[O-])cc(C)c(C)c1C.[NH4+]. The molecular weight excluding hydrogens is 374 g/mol. The Hall–Kier alpha value is -1.55. The predicted molar refractivity (Wildman–Crippen MR) is 127 cm³/mol. The minimum Gasteiger partial charge on any atom is -0.545 e. The van der Waals surface area contributed by atoms with Crippen molar-refractivity contribution in [2.45, 2.75) is 118 Å². The van der Waals surface area contributed by atoms with E-state index in [4.69, 9.17) is 4.74 Å². The van der Waals surface area contributed by atoms with E-state index >= 15 is 0 Å². The van der Waals surface area contributed by atoms with Crippen molar-refractivity contribution in [1.29, 1.82) is 0 Å². The Morgan fingerprint density at radius 3 is 1.63 bits per heavy atom. The maximum absolute atomic E-state index is 11.4. The van der Waals surface area contributed by atoms with E-state index in [1.54, 1.807) is 6.07 Å². The van der Waals surface area contributed by atoms with Crippen LogP contribution in [0.25, 0.3) is 0 Å². The summed E-state index contributed by atoms with van der Waals surface area (Å²) >= 11 is 0. The summed E-state index contributed by atoms with van der Waals surface area (Å²) in [5, 5.41) is 11.4. The monoisotopic (exact) mass is 421 g/mol. The van der Waals surface area contributed by atoms with Crippen LogP contribution in [0.4, 0.5) is 0 Å². The minimum absolute atomic E-state index is 0. The van der Waals surface area contributed by atoms with E-state index in [-0.39, 0.29) is 11.7 Å². The third-order valence-corrected chi connectivity index (χ3v) is 6.06. The molecule has 0 atom stereocenters. The maximum Gasteiger partial charge on any atom is 0.131 e. The lowest BCUT2D eigenvalue weighted by Crippen LogP contribution is -2.24. The van der Waals surface area contributed by atoms with Gasteiger partial charge < -0.3 is 20.8 Å². The number of unbranched alkanes of at least 4 members (excludes halogenated alkanes) is 13. The molecule has 1 rings (SSSR count). The molecule has 0 spiro atoms. The summed E-state index contributed by atoms with van der Waals surface area (Å²) in [6.45, 7) is 8.69. The number of carboxylic acids is 1. The van der Waals surface area contributed by atoms with Crippen LogP contribution in [0, 0.1) is 20.8 Å². The van der Waals surface area contributed by atoms with Crippen LogP contribution in [0.1, 0.15) is 124 Å². The number of benzene rings is 1. The van der Waals surface area contributed by atoms with Crippen molar-refractivity contribution < 1.29 is 14.6 Å². The normalized spacial score (nSPS) is 10.7. The van der Waals surface area contributed by atoms with Crippen LogP contribution in [0.3, 0.4) is 0 Å². The quantitative estimate of drug-likeness (QED) is 0.269. The molecule has 174 valence electrons. The molecule has 0 aliphatic rings. The lowest BCUT2D eigenvalue weighted by Gasteiger charge is -2.18. The van der Waals surface area contributed by atoms with E-state index in [1.165, 1.54) is 77.0 Å². The summed E-state index contributed by atoms with van der Waals surface area (Å²) in [7, 11) is 0. The van der Waals surface area contributed by atoms with Gasteiger partial charge in [-0.3, -0.25) is 0 Å². The Labute approximate surface area is 185 Å². The molecule has 0 bridgehead atoms. The molecule has 1 aromatic rings. The van der Waals surface area contributed by atoms with Crippen molar-refractivity contribution in [2.75, 3.05) is 6.61 Å². The van der Waals surface area contributed by atoms with Crippen molar-refractivity contribution in [3.8, 4) is 5.75 Å². The summed E-state index contributed by atoms with van der Waals surface area (Å²) in [5.41, 5.74) is 3.14. The molecule has 4 N–H and O–H groups in total. The van der Waals surface area contributed by atoms with Crippen molar-refractivity contribution in [3.05, 3.63) is 28.3 Å². The number of aryl methyl sites for hydroxylation is 1. The van der Waals surface area contributed by atoms with Gasteiger partial charge in [0.1, 0.15) is 5.75 Å². The number of aromatic carboxylic acids is 1. The van der Waals surface area contributed by atoms with Crippen molar-refractivity contribution in [1.82, 2.24) is 6.15 Å². The highest BCUT2D eigenvalue weighted by molar-refractivity contribution is 5.90. The highest BCUT2D eigenvalue weighted by Crippen LogP contribution is 2.29. The number of carbonyl (C=O) groups is 1. The average molecular weight is 422 g/mol. The Bertz CT molecular complexity index is 598. The lowest BCUT2D eigenvalue weighted by molar-refractivity contribution is -0.255. The lowest BCUT2D eigenvalue weighted by atomic mass is 9.99. The second-order valence-electron chi connectivity index (χ2n) is 8.55. The van der Waals surface area contributed by atoms with E-state index in [2.05, 4.69) is 6.92 Å². The topological polar surface area (TPSA) is 85.9 Å². The van der Waals surface area contributed by atoms with Gasteiger partial charge in [-0.05, 0) is 49.9 Å². The summed E-state index contributed by atoms with van der Waals surface area (Å²) in [6.07, 6.45) is 18.5. The summed E-state index contributed by atoms with van der Waals surface area (Å²) in [5.74, 6) is -0.671. The summed E-state index contributed by atoms with van der Waals surface area (Å²) in [4.78, 5) is 11.4. The van der Waals surface area contributed by atoms with Crippen LogP contribution in [-0.2, 0) is 0 Å². The first kappa shape index (κ1) is 28.5. The molecule has 0 saturated heterocycles. The van der Waals surface area contributed by atoms with Crippen molar-refractivity contribution in [2.24, 2.45) is 0 Å². The summed E-state index contributed by atoms with van der Waals surface area (Å²) < 4.78 is 5.85. The van der Waals surface area contributed by atoms with E-state index in [0.29, 0.717) is 12.4 Å². The number of ether oxygens (including phenoxy) is 1. The van der Waals surface area contributed by atoms with Gasteiger partial charge in [-0.1, -0.05) is 90.4 Å². The fraction of sp³-hybridized carbons (Fsp3) is 0.731. The van der Waals surface area contributed by atoms with Gasteiger partial charge in [-0.15, -0.1) is 0 Å². The molecule has 0 fully saturated rings. The Morgan fingerprint density at radius 1 is 0.767 bits per heavy atom. The van der Waals surface area contributed by atoms with Gasteiger partial charge in [0.05, 0.1) is 12.6 Å². The van der Waals surface area contributed by atoms with Crippen molar-refractivity contribution in [3.63, 3.8) is 0 Å². The molecule has 0 aliphatic carbocycles. The second-order valence-corrected chi connectivity index (χ2v) is 8.55. The van der Waals surface area contributed by atoms with Crippen LogP contribution < -0.4 is 16.0 Å². The minimum atomic E-state index is -1.16. The van der Waals surface area contributed by atoms with Crippen LogP contribution in [0.5, 0.6) is 5.75 Å². The number of quaternary nitrogens is 1. The highest BCUT2D eigenvalue weighted by Gasteiger charge is 2.13. The number of rotatable bonds is 17. The zero-order valence-electron chi connectivity index (χ0n) is 20.4. The molecule has 0 unspecified atom stereocenters. The first-order valence-electron chi connectivity index (χ1n) is 11.9. The van der Waals surface area contributed by atoms with E-state index in [9.17, 15) is 9.90 Å². The first-order chi connectivity index (χ1) is 14.0. The molecule has 0 aromatic heterocycles. The fourth-order valence-electron chi connectivity index (χ4n) is 3.87. The zero-order chi connectivity index (χ0) is 21.5. The second kappa shape index (κ2) is 17.2. The molecular formula is C26H47NO3. The third kappa shape index (κ3) is 11.0. The molecule has 0 radical (unpaired) electrons. The van der Waals surface area contributed by atoms with Crippen LogP contribution in [0.2, 0.25) is 0 Å². The van der Waals surface area contributed by atoms with E-state index in [1.807, 2.05) is 20.8 Å². The van der Waals surface area contributed by atoms with Crippen LogP contribution >= 0.6 is 0 Å². The van der Waals surface area contributed by atoms with Gasteiger partial charge in [-0.25, -0.2) is 0 Å². The van der Waals surface area contributed by atoms with Gasteiger partial charge in [0.25, 0.3) is 0 Å². The largest absolute Gasteiger partial charge is 0.545 e. The Kier molecular flexibility index (Phi) is 16.3. The number of carboxylic acid groups (broad SMARTS) is 1. The molecule has 1 aromatic carbocycles. The molecule has 30 heavy (non-hydrogen) atoms. The standard InChI is InChI=1S/C26H44O3.H3N/c1-5-6-7-8-9-10-11-12-13-14-15-16-17-18-19-29-25-23(4)22(3)21(2)20-24(25)26(27)28;/h20H,5-19H2,1-4H3,(H,27,28);1H3. The van der Waals surface area contributed by atoms with Crippen LogP contribution in [-0.4, -0.2) is 12.6 Å². The van der Waals surface area contributed by atoms with Crippen molar-refractivity contribution >= 4 is 5.97 Å². The van der Waals surface area contributed by atoms with Gasteiger partial charge in [0.15, 0.2) is 0 Å². The van der Waals surface area contributed by atoms with Gasteiger partial charge in [0, 0.05) is 5.56 Å². The van der Waals surface area contributed by atoms with Crippen LogP contribution in [0.15, 0.2) is 6.07 Å². The van der Waals surface area contributed by atoms with Gasteiger partial charge in [-0.2, -0.15) is 0 Å². The molecule has 0 aliphatic heterocycles. The van der Waals surface area contributed by atoms with Gasteiger partial charge in [0.2, 0.25) is 0 Å². The smallest absolute Gasteiger partial charge is 0.131 e. The summed E-state index contributed by atoms with van der Waals surface area (Å²) in [6, 6.07) is 1.66. The average Bonchev–Trinajstić information content (AvgIpc) is 2.70. The Morgan fingerprint density at radius 2 is 1.20 bits per heavy atom. The Balaban J connectivity index is 0.00000841. The predicted octanol–water partition coefficient (Wildman–Crippen LogP) is 7.21. The highest BCUT2D eigenvalue weighted by atomic mass is 16.5. The molecule has 4 nitrogen and oxygen atoms in total. The number of carbonyl (C=O) groups excluding carboxylic acids is 1. The molecule has 4 heteroatoms. The maximum atomic E-state index is 11.4. The molecule has 0 heterocycles. The van der Waals surface area contributed by atoms with E-state index in [0.717, 1.165) is 29.5 Å². The number of hydrogen-bond donors (Lipinski definition) is 1. The molecule has 0 saturated carbocycles. The fourth-order valence-corrected chi connectivity index (χ4v) is 3.87. The first-order valence-corrected chi connectivity index (χ1v) is 11.9. The van der Waals surface area contributed by atoms with E-state index < -0.39 is 5.97 Å². The van der Waals surface area contributed by atoms with Gasteiger partial charge >= 0.3 is 0 Å². The third-order valence-electron chi connectivity index (χ3n) is 6.06. The molecule has 0 amide bonds. The number of hydrogen-bond acceptors (Lipinski definition) is 3. The zero-order valence-corrected chi connectivity index (χ0v) is 20.4.